The van der Waals surface area contributed by atoms with Gasteiger partial charge in [0, 0.05) is 5.41 Å². The molecule has 0 unspecified atom stereocenters. The second kappa shape index (κ2) is 5.45. The van der Waals surface area contributed by atoms with Gasteiger partial charge in [0.05, 0.1) is 6.61 Å². The summed E-state index contributed by atoms with van der Waals surface area (Å²) in [5.74, 6) is 3.25. The Labute approximate surface area is 109 Å². The Kier molecular flexibility index (Phi) is 4.16. The van der Waals surface area contributed by atoms with E-state index in [0.29, 0.717) is 5.92 Å². The maximum atomic E-state index is 9.57. The van der Waals surface area contributed by atoms with Crippen molar-refractivity contribution < 1.29 is 5.11 Å². The Morgan fingerprint density at radius 2 is 1.88 bits per heavy atom. The molecule has 0 bridgehead atoms. The van der Waals surface area contributed by atoms with Crippen LogP contribution in [0.2, 0.25) is 0 Å². The standard InChI is InChI=1S/C15H22OS/c1-15(2,11-16)14-6-4-3-5-13(14)12-7-9-17-10-8-12/h3-6,12,16H,7-11H2,1-2H3. The number of hydrogen-bond acceptors (Lipinski definition) is 2. The van der Waals surface area contributed by atoms with Crippen LogP contribution in [0.1, 0.15) is 43.7 Å². The molecule has 1 aromatic carbocycles. The predicted molar refractivity (Wildman–Crippen MR) is 75.9 cm³/mol. The Bertz CT molecular complexity index is 367. The highest BCUT2D eigenvalue weighted by molar-refractivity contribution is 7.99. The molecule has 2 rings (SSSR count). The number of thioether (sulfide) groups is 1. The van der Waals surface area contributed by atoms with E-state index < -0.39 is 0 Å². The molecule has 94 valence electrons. The zero-order valence-electron chi connectivity index (χ0n) is 10.8. The Balaban J connectivity index is 2.33. The molecule has 1 aliphatic heterocycles. The lowest BCUT2D eigenvalue weighted by Gasteiger charge is -2.30. The van der Waals surface area contributed by atoms with Crippen molar-refractivity contribution in [2.75, 3.05) is 18.1 Å². The molecule has 0 spiro atoms. The van der Waals surface area contributed by atoms with Gasteiger partial charge in [-0.2, -0.15) is 11.8 Å². The number of rotatable bonds is 3. The fraction of sp³-hybridized carbons (Fsp3) is 0.600. The molecule has 1 saturated heterocycles. The van der Waals surface area contributed by atoms with Crippen LogP contribution in [0.25, 0.3) is 0 Å². The molecule has 0 aliphatic carbocycles. The van der Waals surface area contributed by atoms with E-state index in [2.05, 4.69) is 49.9 Å². The Morgan fingerprint density at radius 1 is 1.24 bits per heavy atom. The van der Waals surface area contributed by atoms with Gasteiger partial charge in [0.25, 0.3) is 0 Å². The van der Waals surface area contributed by atoms with E-state index >= 15 is 0 Å². The SMILES string of the molecule is CC(C)(CO)c1ccccc1C1CCSCC1. The van der Waals surface area contributed by atoms with E-state index in [4.69, 9.17) is 0 Å². The van der Waals surface area contributed by atoms with E-state index in [1.54, 1.807) is 0 Å². The molecule has 0 aromatic heterocycles. The third kappa shape index (κ3) is 2.86. The minimum atomic E-state index is -0.124. The van der Waals surface area contributed by atoms with Crippen molar-refractivity contribution in [3.05, 3.63) is 35.4 Å². The average Bonchev–Trinajstić information content (AvgIpc) is 2.40. The van der Waals surface area contributed by atoms with Crippen LogP contribution in [0.3, 0.4) is 0 Å². The summed E-state index contributed by atoms with van der Waals surface area (Å²) in [5, 5.41) is 9.57. The largest absolute Gasteiger partial charge is 0.395 e. The minimum Gasteiger partial charge on any atom is -0.395 e. The van der Waals surface area contributed by atoms with Crippen molar-refractivity contribution in [1.29, 1.82) is 0 Å². The molecule has 0 amide bonds. The quantitative estimate of drug-likeness (QED) is 0.885. The first-order valence-corrected chi connectivity index (χ1v) is 7.58. The van der Waals surface area contributed by atoms with E-state index in [0.717, 1.165) is 0 Å². The summed E-state index contributed by atoms with van der Waals surface area (Å²) in [6.07, 6.45) is 2.56. The maximum Gasteiger partial charge on any atom is 0.0522 e. The van der Waals surface area contributed by atoms with Crippen LogP contribution in [0.4, 0.5) is 0 Å². The first kappa shape index (κ1) is 13.0. The van der Waals surface area contributed by atoms with Gasteiger partial charge >= 0.3 is 0 Å². The highest BCUT2D eigenvalue weighted by Gasteiger charge is 2.26. The first-order chi connectivity index (χ1) is 8.15. The lowest BCUT2D eigenvalue weighted by molar-refractivity contribution is 0.217. The summed E-state index contributed by atoms with van der Waals surface area (Å²) in [5.41, 5.74) is 2.67. The third-order valence-electron chi connectivity index (χ3n) is 3.75. The normalized spacial score (nSPS) is 18.3. The Hall–Kier alpha value is -0.470. The summed E-state index contributed by atoms with van der Waals surface area (Å²) >= 11 is 2.06. The second-order valence-corrected chi connectivity index (χ2v) is 6.74. The number of benzene rings is 1. The lowest BCUT2D eigenvalue weighted by atomic mass is 9.78. The van der Waals surface area contributed by atoms with Crippen LogP contribution in [-0.4, -0.2) is 23.2 Å². The van der Waals surface area contributed by atoms with Gasteiger partial charge in [-0.25, -0.2) is 0 Å². The summed E-state index contributed by atoms with van der Waals surface area (Å²) in [4.78, 5) is 0. The van der Waals surface area contributed by atoms with Crippen molar-refractivity contribution in [3.63, 3.8) is 0 Å². The molecule has 1 heterocycles. The number of aliphatic hydroxyl groups is 1. The van der Waals surface area contributed by atoms with E-state index in [9.17, 15) is 5.11 Å². The van der Waals surface area contributed by atoms with Gasteiger partial charge in [-0.15, -0.1) is 0 Å². The lowest BCUT2D eigenvalue weighted by Crippen LogP contribution is -2.25. The highest BCUT2D eigenvalue weighted by Crippen LogP contribution is 2.37. The molecule has 1 fully saturated rings. The molecule has 1 aromatic rings. The van der Waals surface area contributed by atoms with E-state index in [-0.39, 0.29) is 12.0 Å². The molecule has 0 radical (unpaired) electrons. The molecule has 1 N–H and O–H groups in total. The van der Waals surface area contributed by atoms with Gasteiger partial charge < -0.3 is 5.11 Å². The van der Waals surface area contributed by atoms with Gasteiger partial charge in [-0.1, -0.05) is 38.1 Å². The smallest absolute Gasteiger partial charge is 0.0522 e. The molecular weight excluding hydrogens is 228 g/mol. The summed E-state index contributed by atoms with van der Waals surface area (Å²) in [7, 11) is 0. The molecule has 2 heteroatoms. The predicted octanol–water partition coefficient (Wildman–Crippen LogP) is 3.57. The van der Waals surface area contributed by atoms with Gasteiger partial charge in [-0.05, 0) is 41.4 Å². The first-order valence-electron chi connectivity index (χ1n) is 6.43. The fourth-order valence-electron chi connectivity index (χ4n) is 2.56. The number of aliphatic hydroxyl groups excluding tert-OH is 1. The zero-order chi connectivity index (χ0) is 12.3. The van der Waals surface area contributed by atoms with Crippen molar-refractivity contribution in [2.45, 2.75) is 38.0 Å². The van der Waals surface area contributed by atoms with E-state index in [1.807, 2.05) is 0 Å². The van der Waals surface area contributed by atoms with Gasteiger partial charge in [0.1, 0.15) is 0 Å². The molecule has 1 nitrogen and oxygen atoms in total. The zero-order valence-corrected chi connectivity index (χ0v) is 11.6. The molecular formula is C15H22OS. The van der Waals surface area contributed by atoms with Crippen LogP contribution >= 0.6 is 11.8 Å². The van der Waals surface area contributed by atoms with Crippen LogP contribution in [-0.2, 0) is 5.41 Å². The summed E-state index contributed by atoms with van der Waals surface area (Å²) in [6.45, 7) is 4.47. The summed E-state index contributed by atoms with van der Waals surface area (Å²) < 4.78 is 0. The van der Waals surface area contributed by atoms with Crippen molar-refractivity contribution in [1.82, 2.24) is 0 Å². The van der Waals surface area contributed by atoms with E-state index in [1.165, 1.54) is 35.5 Å². The van der Waals surface area contributed by atoms with Crippen LogP contribution < -0.4 is 0 Å². The average molecular weight is 250 g/mol. The minimum absolute atomic E-state index is 0.124. The van der Waals surface area contributed by atoms with Crippen molar-refractivity contribution in [2.24, 2.45) is 0 Å². The van der Waals surface area contributed by atoms with Crippen molar-refractivity contribution >= 4 is 11.8 Å². The number of hydrogen-bond donors (Lipinski definition) is 1. The molecule has 0 saturated carbocycles. The van der Waals surface area contributed by atoms with Gasteiger partial charge in [-0.3, -0.25) is 0 Å². The maximum absolute atomic E-state index is 9.57. The van der Waals surface area contributed by atoms with Crippen LogP contribution in [0, 0.1) is 0 Å². The Morgan fingerprint density at radius 3 is 2.53 bits per heavy atom. The van der Waals surface area contributed by atoms with Gasteiger partial charge in [0.15, 0.2) is 0 Å². The highest BCUT2D eigenvalue weighted by atomic mass is 32.2. The monoisotopic (exact) mass is 250 g/mol. The van der Waals surface area contributed by atoms with Gasteiger partial charge in [0.2, 0.25) is 0 Å². The van der Waals surface area contributed by atoms with Crippen LogP contribution in [0.5, 0.6) is 0 Å². The fourth-order valence-corrected chi connectivity index (χ4v) is 3.67. The van der Waals surface area contributed by atoms with Crippen molar-refractivity contribution in [3.8, 4) is 0 Å². The molecule has 1 aliphatic rings. The third-order valence-corrected chi connectivity index (χ3v) is 4.80. The van der Waals surface area contributed by atoms with Crippen LogP contribution in [0.15, 0.2) is 24.3 Å². The summed E-state index contributed by atoms with van der Waals surface area (Å²) in [6, 6.07) is 8.67. The molecule has 17 heavy (non-hydrogen) atoms. The molecule has 0 atom stereocenters. The second-order valence-electron chi connectivity index (χ2n) is 5.52. The topological polar surface area (TPSA) is 20.2 Å².